The van der Waals surface area contributed by atoms with Gasteiger partial charge in [-0.3, -0.25) is 5.43 Å². The summed E-state index contributed by atoms with van der Waals surface area (Å²) < 4.78 is 11.5. The van der Waals surface area contributed by atoms with Crippen molar-refractivity contribution >= 4 is 11.7 Å². The summed E-state index contributed by atoms with van der Waals surface area (Å²) in [6, 6.07) is 20.8. The Morgan fingerprint density at radius 2 is 1.82 bits per heavy atom. The van der Waals surface area contributed by atoms with E-state index < -0.39 is 6.03 Å². The van der Waals surface area contributed by atoms with Crippen molar-refractivity contribution in [2.75, 3.05) is 12.4 Å². The van der Waals surface area contributed by atoms with Gasteiger partial charge in [-0.2, -0.15) is 0 Å². The Morgan fingerprint density at radius 3 is 2.61 bits per heavy atom. The summed E-state index contributed by atoms with van der Waals surface area (Å²) in [5.74, 6) is 6.69. The van der Waals surface area contributed by atoms with Gasteiger partial charge in [-0.25, -0.2) is 10.6 Å². The molecule has 28 heavy (non-hydrogen) atoms. The molecule has 6 heteroatoms. The van der Waals surface area contributed by atoms with Crippen molar-refractivity contribution in [2.45, 2.75) is 13.5 Å². The molecule has 0 aliphatic rings. The molecule has 0 bridgehead atoms. The highest BCUT2D eigenvalue weighted by Crippen LogP contribution is 2.32. The summed E-state index contributed by atoms with van der Waals surface area (Å²) in [6.45, 7) is 2.28. The minimum atomic E-state index is -0.481. The molecule has 0 aliphatic carbocycles. The van der Waals surface area contributed by atoms with Crippen LogP contribution >= 0.6 is 0 Å². The number of hydrogen-bond donors (Lipinski definition) is 3. The molecule has 144 valence electrons. The van der Waals surface area contributed by atoms with Crippen LogP contribution in [0, 0.1) is 6.92 Å². The van der Waals surface area contributed by atoms with E-state index in [1.165, 1.54) is 0 Å². The Labute approximate surface area is 164 Å². The number of amides is 2. The van der Waals surface area contributed by atoms with Crippen molar-refractivity contribution < 1.29 is 14.3 Å². The highest BCUT2D eigenvalue weighted by atomic mass is 16.5. The zero-order valence-corrected chi connectivity index (χ0v) is 15.9. The zero-order valence-electron chi connectivity index (χ0n) is 15.9. The Hall–Kier alpha value is -3.51. The summed E-state index contributed by atoms with van der Waals surface area (Å²) in [6.07, 6.45) is 0. The average molecular weight is 377 g/mol. The zero-order chi connectivity index (χ0) is 19.9. The van der Waals surface area contributed by atoms with Crippen molar-refractivity contribution in [3.05, 3.63) is 77.9 Å². The molecule has 0 saturated heterocycles. The molecule has 6 nitrogen and oxygen atoms in total. The normalized spacial score (nSPS) is 10.2. The lowest BCUT2D eigenvalue weighted by atomic mass is 10.0. The minimum absolute atomic E-state index is 0.308. The Morgan fingerprint density at radius 1 is 1.04 bits per heavy atom. The average Bonchev–Trinajstić information content (AvgIpc) is 2.73. The summed E-state index contributed by atoms with van der Waals surface area (Å²) in [5.41, 5.74) is 6.61. The number of nitrogens with one attached hydrogen (secondary N) is 2. The van der Waals surface area contributed by atoms with E-state index in [9.17, 15) is 4.79 Å². The fraction of sp³-hybridized carbons (Fsp3) is 0.136. The van der Waals surface area contributed by atoms with Gasteiger partial charge in [0.15, 0.2) is 0 Å². The minimum Gasteiger partial charge on any atom is -0.496 e. The first-order valence-corrected chi connectivity index (χ1v) is 8.84. The molecule has 3 rings (SSSR count). The second kappa shape index (κ2) is 8.92. The summed E-state index contributed by atoms with van der Waals surface area (Å²) in [5, 5.41) is 2.72. The van der Waals surface area contributed by atoms with E-state index in [-0.39, 0.29) is 0 Å². The first-order valence-electron chi connectivity index (χ1n) is 8.84. The molecular weight excluding hydrogens is 354 g/mol. The number of aryl methyl sites for hydroxylation is 1. The monoisotopic (exact) mass is 377 g/mol. The van der Waals surface area contributed by atoms with Gasteiger partial charge in [0.1, 0.15) is 18.1 Å². The molecule has 0 spiro atoms. The molecule has 3 aromatic carbocycles. The number of ether oxygens (including phenoxy) is 2. The third-order valence-electron chi connectivity index (χ3n) is 4.42. The fourth-order valence-corrected chi connectivity index (χ4v) is 2.96. The molecule has 0 heterocycles. The van der Waals surface area contributed by atoms with Crippen LogP contribution in [0.2, 0.25) is 0 Å². The maximum atomic E-state index is 11.6. The predicted molar refractivity (Wildman–Crippen MR) is 110 cm³/mol. The largest absolute Gasteiger partial charge is 0.496 e. The van der Waals surface area contributed by atoms with Crippen LogP contribution in [-0.4, -0.2) is 13.1 Å². The van der Waals surface area contributed by atoms with Crippen LogP contribution in [0.1, 0.15) is 11.1 Å². The number of benzene rings is 3. The van der Waals surface area contributed by atoms with Crippen LogP contribution in [0.15, 0.2) is 66.7 Å². The fourth-order valence-electron chi connectivity index (χ4n) is 2.96. The van der Waals surface area contributed by atoms with Gasteiger partial charge in [-0.1, -0.05) is 42.5 Å². The van der Waals surface area contributed by atoms with E-state index in [1.54, 1.807) is 7.11 Å². The van der Waals surface area contributed by atoms with E-state index >= 15 is 0 Å². The van der Waals surface area contributed by atoms with Crippen LogP contribution in [-0.2, 0) is 6.61 Å². The van der Waals surface area contributed by atoms with Gasteiger partial charge in [-0.15, -0.1) is 0 Å². The SMILES string of the molecule is COc1ccccc1-c1cccc(OCc2c(C)cccc2NC(=O)NN)c1. The maximum absolute atomic E-state index is 11.6. The molecule has 0 aliphatic heterocycles. The molecule has 0 aromatic heterocycles. The smallest absolute Gasteiger partial charge is 0.333 e. The highest BCUT2D eigenvalue weighted by Gasteiger charge is 2.10. The van der Waals surface area contributed by atoms with E-state index in [0.717, 1.165) is 33.8 Å². The maximum Gasteiger partial charge on any atom is 0.333 e. The Kier molecular flexibility index (Phi) is 6.14. The van der Waals surface area contributed by atoms with Crippen LogP contribution in [0.25, 0.3) is 11.1 Å². The number of para-hydroxylation sites is 1. The molecule has 3 aromatic rings. The lowest BCUT2D eigenvalue weighted by Gasteiger charge is -2.15. The third-order valence-corrected chi connectivity index (χ3v) is 4.42. The number of hydrogen-bond acceptors (Lipinski definition) is 4. The van der Waals surface area contributed by atoms with E-state index in [2.05, 4.69) is 10.7 Å². The van der Waals surface area contributed by atoms with Crippen LogP contribution < -0.4 is 26.1 Å². The number of hydrazine groups is 1. The first-order chi connectivity index (χ1) is 13.6. The number of urea groups is 1. The number of carbonyl (C=O) groups is 1. The standard InChI is InChI=1S/C22H23N3O3/c1-15-7-5-11-20(24-22(26)25-23)19(15)14-28-17-9-6-8-16(13-17)18-10-3-4-12-21(18)27-2/h3-13H,14,23H2,1-2H3,(H2,24,25,26). The first kappa shape index (κ1) is 19.3. The molecule has 4 N–H and O–H groups in total. The molecule has 0 unspecified atom stereocenters. The van der Waals surface area contributed by atoms with Crippen LogP contribution in [0.5, 0.6) is 11.5 Å². The summed E-state index contributed by atoms with van der Waals surface area (Å²) >= 11 is 0. The number of anilines is 1. The lowest BCUT2D eigenvalue weighted by Crippen LogP contribution is -2.34. The molecule has 0 saturated carbocycles. The second-order valence-corrected chi connectivity index (χ2v) is 6.22. The van der Waals surface area contributed by atoms with Gasteiger partial charge in [-0.05, 0) is 42.3 Å². The number of carbonyl (C=O) groups excluding carboxylic acids is 1. The van der Waals surface area contributed by atoms with Crippen molar-refractivity contribution in [3.8, 4) is 22.6 Å². The molecular formula is C22H23N3O3. The molecule has 0 fully saturated rings. The van der Waals surface area contributed by atoms with Crippen molar-refractivity contribution in [1.29, 1.82) is 0 Å². The van der Waals surface area contributed by atoms with E-state index in [1.807, 2.05) is 73.7 Å². The van der Waals surface area contributed by atoms with E-state index in [4.69, 9.17) is 15.3 Å². The molecule has 0 atom stereocenters. The Bertz CT molecular complexity index is 973. The summed E-state index contributed by atoms with van der Waals surface area (Å²) in [4.78, 5) is 11.6. The number of nitrogens with two attached hydrogens (primary N) is 1. The van der Waals surface area contributed by atoms with E-state index in [0.29, 0.717) is 12.3 Å². The number of methoxy groups -OCH3 is 1. The highest BCUT2D eigenvalue weighted by molar-refractivity contribution is 5.89. The van der Waals surface area contributed by atoms with Gasteiger partial charge >= 0.3 is 6.03 Å². The van der Waals surface area contributed by atoms with Crippen LogP contribution in [0.4, 0.5) is 10.5 Å². The van der Waals surface area contributed by atoms with Crippen LogP contribution in [0.3, 0.4) is 0 Å². The summed E-state index contributed by atoms with van der Waals surface area (Å²) in [7, 11) is 1.66. The van der Waals surface area contributed by atoms with Gasteiger partial charge in [0.2, 0.25) is 0 Å². The number of rotatable bonds is 6. The third kappa shape index (κ3) is 4.42. The van der Waals surface area contributed by atoms with Gasteiger partial charge in [0.05, 0.1) is 7.11 Å². The second-order valence-electron chi connectivity index (χ2n) is 6.22. The predicted octanol–water partition coefficient (Wildman–Crippen LogP) is 4.24. The van der Waals surface area contributed by atoms with Gasteiger partial charge in [0.25, 0.3) is 0 Å². The molecule has 2 amide bonds. The van der Waals surface area contributed by atoms with Crippen molar-refractivity contribution in [1.82, 2.24) is 5.43 Å². The van der Waals surface area contributed by atoms with Crippen molar-refractivity contribution in [2.24, 2.45) is 5.84 Å². The van der Waals surface area contributed by atoms with Gasteiger partial charge < -0.3 is 14.8 Å². The van der Waals surface area contributed by atoms with Gasteiger partial charge in [0, 0.05) is 16.8 Å². The van der Waals surface area contributed by atoms with Crippen molar-refractivity contribution in [3.63, 3.8) is 0 Å². The topological polar surface area (TPSA) is 85.6 Å². The quantitative estimate of drug-likeness (QED) is 0.341. The Balaban J connectivity index is 1.82. The molecule has 0 radical (unpaired) electrons. The lowest BCUT2D eigenvalue weighted by molar-refractivity contribution is 0.252.